The first-order chi connectivity index (χ1) is 15.5. The van der Waals surface area contributed by atoms with Crippen LogP contribution < -0.4 is 9.80 Å². The Balaban J connectivity index is 1.35. The number of fused-ring (bicyclic) bond motifs is 1. The molecule has 0 spiro atoms. The van der Waals surface area contributed by atoms with Crippen LogP contribution in [-0.4, -0.2) is 60.0 Å². The first-order valence-corrected chi connectivity index (χ1v) is 12.5. The molecule has 2 aliphatic heterocycles. The van der Waals surface area contributed by atoms with Crippen molar-refractivity contribution in [2.75, 3.05) is 49.1 Å². The zero-order valence-corrected chi connectivity index (χ0v) is 20.1. The van der Waals surface area contributed by atoms with Gasteiger partial charge in [-0.05, 0) is 49.4 Å². The minimum Gasteiger partial charge on any atom is -0.368 e. The van der Waals surface area contributed by atoms with Crippen molar-refractivity contribution in [2.45, 2.75) is 26.7 Å². The number of thiophene rings is 1. The van der Waals surface area contributed by atoms with Gasteiger partial charge in [0, 0.05) is 50.0 Å². The molecule has 2 fully saturated rings. The monoisotopic (exact) mass is 469 g/mol. The number of benzene rings is 1. The number of rotatable bonds is 3. The molecule has 1 aromatic carbocycles. The van der Waals surface area contributed by atoms with Gasteiger partial charge in [0.25, 0.3) is 5.91 Å². The van der Waals surface area contributed by atoms with E-state index >= 15 is 0 Å². The maximum Gasteiger partial charge on any atom is 0.264 e. The molecule has 0 atom stereocenters. The number of anilines is 2. The van der Waals surface area contributed by atoms with Crippen LogP contribution in [0.2, 0.25) is 5.02 Å². The molecule has 32 heavy (non-hydrogen) atoms. The molecule has 168 valence electrons. The minimum atomic E-state index is 0.106. The van der Waals surface area contributed by atoms with E-state index in [9.17, 15) is 4.79 Å². The average Bonchev–Trinajstić information content (AvgIpc) is 3.16. The molecule has 0 aliphatic carbocycles. The molecular weight excluding hydrogens is 442 g/mol. The zero-order valence-electron chi connectivity index (χ0n) is 18.6. The summed E-state index contributed by atoms with van der Waals surface area (Å²) in [6.07, 6.45) is 4.00. The number of piperidine rings is 1. The highest BCUT2D eigenvalue weighted by molar-refractivity contribution is 7.20. The van der Waals surface area contributed by atoms with E-state index in [0.717, 1.165) is 69.3 Å². The van der Waals surface area contributed by atoms with Crippen LogP contribution in [0.5, 0.6) is 0 Å². The summed E-state index contributed by atoms with van der Waals surface area (Å²) in [7, 11) is 0. The van der Waals surface area contributed by atoms with E-state index in [-0.39, 0.29) is 5.91 Å². The predicted octanol–water partition coefficient (Wildman–Crippen LogP) is 4.85. The number of halogens is 1. The van der Waals surface area contributed by atoms with Crippen LogP contribution in [0.1, 0.15) is 35.0 Å². The highest BCUT2D eigenvalue weighted by Crippen LogP contribution is 2.37. The van der Waals surface area contributed by atoms with Crippen LogP contribution in [0.3, 0.4) is 0 Å². The van der Waals surface area contributed by atoms with Crippen LogP contribution >= 0.6 is 22.9 Å². The molecule has 4 heterocycles. The Kier molecular flexibility index (Phi) is 5.95. The summed E-state index contributed by atoms with van der Waals surface area (Å²) in [6, 6.07) is 7.91. The van der Waals surface area contributed by atoms with Gasteiger partial charge in [0.1, 0.15) is 17.0 Å². The smallest absolute Gasteiger partial charge is 0.264 e. The second-order valence-electron chi connectivity index (χ2n) is 8.86. The van der Waals surface area contributed by atoms with Gasteiger partial charge in [-0.2, -0.15) is 0 Å². The highest BCUT2D eigenvalue weighted by atomic mass is 35.5. The third kappa shape index (κ3) is 4.04. The van der Waals surface area contributed by atoms with Crippen molar-refractivity contribution in [3.8, 4) is 0 Å². The Bertz CT molecular complexity index is 1130. The van der Waals surface area contributed by atoms with Gasteiger partial charge in [0.15, 0.2) is 0 Å². The normalized spacial score (nSPS) is 17.9. The molecular formula is C24H28ClN5OS. The van der Waals surface area contributed by atoms with Gasteiger partial charge in [-0.15, -0.1) is 11.3 Å². The lowest BCUT2D eigenvalue weighted by molar-refractivity contribution is 0.0751. The summed E-state index contributed by atoms with van der Waals surface area (Å²) >= 11 is 7.65. The number of aromatic nitrogens is 2. The van der Waals surface area contributed by atoms with Crippen LogP contribution in [-0.2, 0) is 0 Å². The van der Waals surface area contributed by atoms with Crippen LogP contribution in [0.4, 0.5) is 11.5 Å². The third-order valence-electron chi connectivity index (χ3n) is 6.72. The zero-order chi connectivity index (χ0) is 22.2. The molecule has 0 N–H and O–H groups in total. The second-order valence-corrected chi connectivity index (χ2v) is 10.3. The number of aryl methyl sites for hydroxylation is 1. The third-order valence-corrected chi connectivity index (χ3v) is 8.15. The fraction of sp³-hybridized carbons (Fsp3) is 0.458. The van der Waals surface area contributed by atoms with Gasteiger partial charge in [-0.3, -0.25) is 4.79 Å². The van der Waals surface area contributed by atoms with E-state index in [4.69, 9.17) is 11.6 Å². The lowest BCUT2D eigenvalue weighted by Crippen LogP contribution is -2.48. The molecule has 0 saturated carbocycles. The van der Waals surface area contributed by atoms with Crippen molar-refractivity contribution < 1.29 is 4.79 Å². The van der Waals surface area contributed by atoms with Gasteiger partial charge in [0.05, 0.1) is 10.3 Å². The van der Waals surface area contributed by atoms with Crippen molar-refractivity contribution in [1.29, 1.82) is 0 Å². The standard InChI is InChI=1S/C24H28ClN5OS/c1-16-6-8-29(9-7-16)22-20-17(2)21(32-23(20)27-15-26-22)24(31)30-12-10-28(11-13-30)19-5-3-4-18(25)14-19/h3-5,14-16H,6-13H2,1-2H3. The van der Waals surface area contributed by atoms with Gasteiger partial charge in [0.2, 0.25) is 0 Å². The van der Waals surface area contributed by atoms with Crippen LogP contribution in [0.25, 0.3) is 10.2 Å². The van der Waals surface area contributed by atoms with Crippen molar-refractivity contribution in [3.63, 3.8) is 0 Å². The maximum absolute atomic E-state index is 13.5. The van der Waals surface area contributed by atoms with Crippen molar-refractivity contribution in [3.05, 3.63) is 46.1 Å². The molecule has 5 rings (SSSR count). The van der Waals surface area contributed by atoms with Crippen molar-refractivity contribution in [1.82, 2.24) is 14.9 Å². The Morgan fingerprint density at radius 2 is 1.81 bits per heavy atom. The second kappa shape index (κ2) is 8.87. The van der Waals surface area contributed by atoms with E-state index in [1.807, 2.05) is 30.0 Å². The van der Waals surface area contributed by atoms with E-state index in [1.54, 1.807) is 6.33 Å². The minimum absolute atomic E-state index is 0.106. The number of nitrogens with zero attached hydrogens (tertiary/aromatic N) is 5. The number of piperazine rings is 1. The van der Waals surface area contributed by atoms with Gasteiger partial charge in [-0.1, -0.05) is 24.6 Å². The molecule has 1 amide bonds. The van der Waals surface area contributed by atoms with Crippen LogP contribution in [0.15, 0.2) is 30.6 Å². The summed E-state index contributed by atoms with van der Waals surface area (Å²) < 4.78 is 0. The summed E-state index contributed by atoms with van der Waals surface area (Å²) in [5, 5.41) is 1.79. The predicted molar refractivity (Wildman–Crippen MR) is 132 cm³/mol. The molecule has 0 radical (unpaired) electrons. The molecule has 6 nitrogen and oxygen atoms in total. The van der Waals surface area contributed by atoms with Gasteiger partial charge >= 0.3 is 0 Å². The Labute approximate surface area is 197 Å². The largest absolute Gasteiger partial charge is 0.368 e. The van der Waals surface area contributed by atoms with E-state index in [1.165, 1.54) is 24.2 Å². The van der Waals surface area contributed by atoms with Gasteiger partial charge in [-0.25, -0.2) is 9.97 Å². The molecule has 2 aliphatic rings. The summed E-state index contributed by atoms with van der Waals surface area (Å²) in [6.45, 7) is 9.37. The number of amides is 1. The topological polar surface area (TPSA) is 52.6 Å². The molecule has 2 aromatic heterocycles. The Hall–Kier alpha value is -2.38. The average molecular weight is 470 g/mol. The van der Waals surface area contributed by atoms with E-state index < -0.39 is 0 Å². The number of hydrogen-bond acceptors (Lipinski definition) is 6. The van der Waals surface area contributed by atoms with E-state index in [0.29, 0.717) is 13.1 Å². The first-order valence-electron chi connectivity index (χ1n) is 11.3. The first kappa shape index (κ1) is 21.5. The molecule has 8 heteroatoms. The summed E-state index contributed by atoms with van der Waals surface area (Å²) in [4.78, 5) is 30.9. The molecule has 0 unspecified atom stereocenters. The van der Waals surface area contributed by atoms with Crippen molar-refractivity contribution in [2.24, 2.45) is 5.92 Å². The Morgan fingerprint density at radius 3 is 2.53 bits per heavy atom. The number of hydrogen-bond donors (Lipinski definition) is 0. The number of carbonyl (C=O) groups is 1. The van der Waals surface area contributed by atoms with Crippen molar-refractivity contribution >= 4 is 50.6 Å². The summed E-state index contributed by atoms with van der Waals surface area (Å²) in [5.74, 6) is 1.85. The van der Waals surface area contributed by atoms with Crippen LogP contribution in [0, 0.1) is 12.8 Å². The molecule has 2 saturated heterocycles. The van der Waals surface area contributed by atoms with Gasteiger partial charge < -0.3 is 14.7 Å². The molecule has 0 bridgehead atoms. The number of carbonyl (C=O) groups excluding carboxylic acids is 1. The van der Waals surface area contributed by atoms with E-state index in [2.05, 4.69) is 32.8 Å². The quantitative estimate of drug-likeness (QED) is 0.548. The SMILES string of the molecule is Cc1c(C(=O)N2CCN(c3cccc(Cl)c3)CC2)sc2ncnc(N3CCC(C)CC3)c12. The summed E-state index contributed by atoms with van der Waals surface area (Å²) in [5.41, 5.74) is 2.12. The fourth-order valence-electron chi connectivity index (χ4n) is 4.70. The molecule has 3 aromatic rings. The maximum atomic E-state index is 13.5. The fourth-order valence-corrected chi connectivity index (χ4v) is 6.00. The lowest BCUT2D eigenvalue weighted by Gasteiger charge is -2.36. The Morgan fingerprint density at radius 1 is 1.06 bits per heavy atom. The highest BCUT2D eigenvalue weighted by Gasteiger charge is 2.28. The lowest BCUT2D eigenvalue weighted by atomic mass is 9.99.